The molecule has 144 valence electrons. The smallest absolute Gasteiger partial charge is 0.273 e. The number of piperidine rings is 3. The second-order valence-electron chi connectivity index (χ2n) is 7.89. The third-order valence-electron chi connectivity index (χ3n) is 6.28. The second-order valence-corrected chi connectivity index (χ2v) is 7.89. The summed E-state index contributed by atoms with van der Waals surface area (Å²) in [5.41, 5.74) is 2.90. The van der Waals surface area contributed by atoms with Crippen LogP contribution < -0.4 is 5.32 Å². The Morgan fingerprint density at radius 1 is 1.21 bits per heavy atom. The molecular weight excluding hydrogens is 352 g/mol. The molecule has 1 N–H and O–H groups in total. The highest BCUT2D eigenvalue weighted by atomic mass is 16.2. The fourth-order valence-electron chi connectivity index (χ4n) is 4.67. The minimum Gasteiger partial charge on any atom is -0.350 e. The van der Waals surface area contributed by atoms with Crippen molar-refractivity contribution in [3.8, 4) is 5.69 Å². The van der Waals surface area contributed by atoms with Crippen LogP contribution in [0.15, 0.2) is 36.5 Å². The highest BCUT2D eigenvalue weighted by molar-refractivity contribution is 5.94. The molecule has 6 rings (SSSR count). The molecule has 3 saturated heterocycles. The fraction of sp³-hybridized carbons (Fsp3) is 0.429. The van der Waals surface area contributed by atoms with Gasteiger partial charge in [-0.05, 0) is 69.0 Å². The van der Waals surface area contributed by atoms with Crippen molar-refractivity contribution in [3.05, 3.63) is 47.9 Å². The molecule has 5 heterocycles. The van der Waals surface area contributed by atoms with Gasteiger partial charge >= 0.3 is 0 Å². The van der Waals surface area contributed by atoms with Crippen LogP contribution in [-0.4, -0.2) is 57.0 Å². The molecule has 0 saturated carbocycles. The van der Waals surface area contributed by atoms with Crippen LogP contribution >= 0.6 is 0 Å². The molecule has 3 fully saturated rings. The summed E-state index contributed by atoms with van der Waals surface area (Å²) in [6.07, 6.45) is 4.28. The number of hydrogen-bond donors (Lipinski definition) is 1. The van der Waals surface area contributed by atoms with E-state index in [0.29, 0.717) is 18.2 Å². The highest BCUT2D eigenvalue weighted by Gasteiger charge is 2.34. The van der Waals surface area contributed by atoms with Crippen molar-refractivity contribution in [2.75, 3.05) is 26.2 Å². The van der Waals surface area contributed by atoms with Crippen LogP contribution in [0.3, 0.4) is 0 Å². The Bertz CT molecular complexity index is 1020. The zero-order valence-corrected chi connectivity index (χ0v) is 16.0. The summed E-state index contributed by atoms with van der Waals surface area (Å²) in [4.78, 5) is 19.7. The first-order valence-corrected chi connectivity index (χ1v) is 9.97. The summed E-state index contributed by atoms with van der Waals surface area (Å²) in [7, 11) is 0. The van der Waals surface area contributed by atoms with Gasteiger partial charge in [0.1, 0.15) is 0 Å². The quantitative estimate of drug-likeness (QED) is 0.755. The molecule has 1 amide bonds. The van der Waals surface area contributed by atoms with Gasteiger partial charge in [-0.1, -0.05) is 11.3 Å². The van der Waals surface area contributed by atoms with Crippen LogP contribution in [0.25, 0.3) is 16.6 Å². The van der Waals surface area contributed by atoms with E-state index in [1.54, 1.807) is 10.9 Å². The molecule has 1 atom stereocenters. The maximum Gasteiger partial charge on any atom is 0.273 e. The molecule has 7 nitrogen and oxygen atoms in total. The van der Waals surface area contributed by atoms with Crippen molar-refractivity contribution in [3.63, 3.8) is 0 Å². The third kappa shape index (κ3) is 2.96. The zero-order valence-electron chi connectivity index (χ0n) is 16.0. The minimum atomic E-state index is -0.140. The number of benzene rings is 1. The fourth-order valence-corrected chi connectivity index (χ4v) is 4.67. The Kier molecular flexibility index (Phi) is 4.31. The Morgan fingerprint density at radius 2 is 2.07 bits per heavy atom. The Balaban J connectivity index is 1.36. The molecule has 3 aliphatic heterocycles. The van der Waals surface area contributed by atoms with Gasteiger partial charge in [-0.15, -0.1) is 5.10 Å². The summed E-state index contributed by atoms with van der Waals surface area (Å²) in [6.45, 7) is 6.12. The van der Waals surface area contributed by atoms with Gasteiger partial charge in [0, 0.05) is 24.7 Å². The van der Waals surface area contributed by atoms with Crippen LogP contribution in [-0.2, 0) is 0 Å². The van der Waals surface area contributed by atoms with E-state index in [9.17, 15) is 4.79 Å². The van der Waals surface area contributed by atoms with Crippen LogP contribution in [0.2, 0.25) is 0 Å². The molecule has 0 spiro atoms. The summed E-state index contributed by atoms with van der Waals surface area (Å²) in [6, 6.07) is 9.79. The van der Waals surface area contributed by atoms with Crippen LogP contribution in [0.4, 0.5) is 0 Å². The first-order valence-electron chi connectivity index (χ1n) is 9.97. The predicted octanol–water partition coefficient (Wildman–Crippen LogP) is 2.20. The summed E-state index contributed by atoms with van der Waals surface area (Å²) < 4.78 is 1.73. The van der Waals surface area contributed by atoms with Gasteiger partial charge in [-0.25, -0.2) is 4.68 Å². The van der Waals surface area contributed by atoms with Crippen molar-refractivity contribution in [2.24, 2.45) is 11.8 Å². The van der Waals surface area contributed by atoms with Crippen LogP contribution in [0.5, 0.6) is 0 Å². The zero-order chi connectivity index (χ0) is 19.1. The molecule has 1 unspecified atom stereocenters. The average Bonchev–Trinajstić information content (AvgIpc) is 3.13. The van der Waals surface area contributed by atoms with Crippen molar-refractivity contribution < 1.29 is 4.79 Å². The maximum atomic E-state index is 12.8. The lowest BCUT2D eigenvalue weighted by Gasteiger charge is -2.44. The third-order valence-corrected chi connectivity index (χ3v) is 6.28. The van der Waals surface area contributed by atoms with E-state index in [4.69, 9.17) is 0 Å². The Hall–Kier alpha value is -2.80. The number of amides is 1. The highest BCUT2D eigenvalue weighted by Crippen LogP contribution is 2.31. The van der Waals surface area contributed by atoms with E-state index in [1.165, 1.54) is 25.9 Å². The monoisotopic (exact) mass is 376 g/mol. The minimum absolute atomic E-state index is 0.140. The van der Waals surface area contributed by atoms with E-state index >= 15 is 0 Å². The predicted molar refractivity (Wildman–Crippen MR) is 106 cm³/mol. The maximum absolute atomic E-state index is 12.8. The van der Waals surface area contributed by atoms with Crippen LogP contribution in [0, 0.1) is 18.8 Å². The lowest BCUT2D eigenvalue weighted by atomic mass is 9.79. The Morgan fingerprint density at radius 3 is 2.86 bits per heavy atom. The SMILES string of the molecule is Cc1c(C(=O)NCC2CN3CCC2CC3)nnn1-c1cccc2ncccc12. The molecular formula is C21H24N6O. The molecule has 3 aromatic rings. The van der Waals surface area contributed by atoms with Crippen molar-refractivity contribution in [1.29, 1.82) is 0 Å². The molecule has 3 aliphatic rings. The molecule has 1 aromatic carbocycles. The topological polar surface area (TPSA) is 75.9 Å². The molecule has 2 bridgehead atoms. The van der Waals surface area contributed by atoms with Crippen molar-refractivity contribution >= 4 is 16.8 Å². The largest absolute Gasteiger partial charge is 0.350 e. The number of fused-ring (bicyclic) bond motifs is 4. The van der Waals surface area contributed by atoms with Gasteiger partial charge in [-0.2, -0.15) is 0 Å². The summed E-state index contributed by atoms with van der Waals surface area (Å²) >= 11 is 0. The molecule has 0 aliphatic carbocycles. The lowest BCUT2D eigenvalue weighted by Crippen LogP contribution is -2.50. The van der Waals surface area contributed by atoms with E-state index in [2.05, 4.69) is 25.5 Å². The molecule has 0 radical (unpaired) electrons. The van der Waals surface area contributed by atoms with Crippen LogP contribution in [0.1, 0.15) is 29.0 Å². The van der Waals surface area contributed by atoms with Gasteiger partial charge in [0.15, 0.2) is 5.69 Å². The summed E-state index contributed by atoms with van der Waals surface area (Å²) in [5, 5.41) is 12.5. The first kappa shape index (κ1) is 17.3. The van der Waals surface area contributed by atoms with E-state index in [-0.39, 0.29) is 5.91 Å². The van der Waals surface area contributed by atoms with Gasteiger partial charge < -0.3 is 10.2 Å². The lowest BCUT2D eigenvalue weighted by molar-refractivity contribution is 0.0495. The van der Waals surface area contributed by atoms with E-state index < -0.39 is 0 Å². The number of pyridine rings is 1. The van der Waals surface area contributed by atoms with E-state index in [1.807, 2.05) is 37.3 Å². The van der Waals surface area contributed by atoms with Gasteiger partial charge in [0.25, 0.3) is 5.91 Å². The standard InChI is InChI=1S/C21H24N6O/c1-14-20(21(28)23-12-16-13-26-10-7-15(16)8-11-26)24-25-27(14)19-6-2-5-18-17(19)4-3-9-22-18/h2-6,9,15-16H,7-8,10-13H2,1H3,(H,23,28). The summed E-state index contributed by atoms with van der Waals surface area (Å²) in [5.74, 6) is 1.15. The number of nitrogens with zero attached hydrogens (tertiary/aromatic N) is 5. The van der Waals surface area contributed by atoms with Crippen molar-refractivity contribution in [1.82, 2.24) is 30.2 Å². The molecule has 2 aromatic heterocycles. The average molecular weight is 376 g/mol. The first-order chi connectivity index (χ1) is 13.7. The van der Waals surface area contributed by atoms with Crippen molar-refractivity contribution in [2.45, 2.75) is 19.8 Å². The van der Waals surface area contributed by atoms with Gasteiger partial charge in [0.05, 0.1) is 16.9 Å². The van der Waals surface area contributed by atoms with Gasteiger partial charge in [0.2, 0.25) is 0 Å². The van der Waals surface area contributed by atoms with Gasteiger partial charge in [-0.3, -0.25) is 9.78 Å². The number of carbonyl (C=O) groups is 1. The number of rotatable bonds is 4. The van der Waals surface area contributed by atoms with E-state index in [0.717, 1.165) is 34.7 Å². The molecule has 28 heavy (non-hydrogen) atoms. The normalized spacial score (nSPS) is 23.8. The molecule has 7 heteroatoms. The number of aromatic nitrogens is 4. The number of nitrogens with one attached hydrogen (secondary N) is 1. The number of hydrogen-bond acceptors (Lipinski definition) is 5. The second kappa shape index (κ2) is 6.98. The number of carbonyl (C=O) groups excluding carboxylic acids is 1. The Labute approximate surface area is 163 Å².